The zero-order valence-electron chi connectivity index (χ0n) is 62.4. The zero-order valence-corrected chi connectivity index (χ0v) is 63.2. The molecule has 0 unspecified atom stereocenters. The van der Waals surface area contributed by atoms with Gasteiger partial charge in [-0.25, -0.2) is 38.4 Å². The molecule has 12 aromatic rings. The van der Waals surface area contributed by atoms with Gasteiger partial charge in [-0.2, -0.15) is 15.3 Å². The summed E-state index contributed by atoms with van der Waals surface area (Å²) in [6, 6.07) is 37.8. The Kier molecular flexibility index (Phi) is 21.8. The van der Waals surface area contributed by atoms with Gasteiger partial charge in [0.25, 0.3) is 47.3 Å². The molecular weight excluding hydrogens is 1510 g/mol. The predicted molar refractivity (Wildman–Crippen MR) is 419 cm³/mol. The predicted octanol–water partition coefficient (Wildman–Crippen LogP) is 3.24. The third kappa shape index (κ3) is 15.9. The summed E-state index contributed by atoms with van der Waals surface area (Å²) in [5.74, 6) is 17.7. The molecule has 32 nitrogen and oxygen atoms in total. The summed E-state index contributed by atoms with van der Waals surface area (Å²) in [5, 5.41) is 56.1. The Morgan fingerprint density at radius 2 is 0.940 bits per heavy atom. The Bertz CT molecular complexity index is 6390. The minimum absolute atomic E-state index is 0.0783. The highest BCUT2D eigenvalue weighted by Gasteiger charge is 2.45. The molecule has 0 spiro atoms. The lowest BCUT2D eigenvalue weighted by molar-refractivity contribution is -0.138. The van der Waals surface area contributed by atoms with Crippen LogP contribution >= 0.6 is 11.6 Å². The maximum Gasteiger partial charge on any atom is 0.285 e. The van der Waals surface area contributed by atoms with Gasteiger partial charge in [0.15, 0.2) is 28.4 Å². The number of nitrogens with zero attached hydrogens (tertiary/aromatic N) is 15. The van der Waals surface area contributed by atoms with Crippen LogP contribution in [-0.2, 0) is 19.2 Å². The minimum Gasteiger partial charge on any atom is -0.497 e. The molecule has 16 rings (SSSR count). The number of nitrogens with two attached hydrogens (primary N) is 4. The largest absolute Gasteiger partial charge is 0.497 e. The topological polar surface area (TPSA) is 453 Å². The number of pyridine rings is 4. The van der Waals surface area contributed by atoms with E-state index in [1.54, 1.807) is 148 Å². The first-order valence-electron chi connectivity index (χ1n) is 35.4. The molecule has 4 aromatic carbocycles. The highest BCUT2D eigenvalue weighted by atomic mass is 35.5. The standard InChI is InChI=1S/C21H19N5O4.C21H18N4O3.C20H16ClN5O3.C20H16FN5O3/c1-25-9-7-21(29,20(25)28)6-5-13-10-14(12-15(11-13)30-2)26-19-16(4-3-8-23-19)17(24-26)18(22)27;1-24-12-10-21(28,20(24)27)9-8-14-5-4-6-15(13-14)17-16-7-2-3-11-25(16)19(23-17)18(22)26;1-25-8-7-20(29,19(25)28)6-5-12-3-2-4-13(9-12)26-15-10-16(21)23-11-14(15)17(24-26)18(22)27;1-25-8-7-20(29,19(25)28)6-5-12-3-2-4-14(9-12)26-18-15(10-13(21)11-23-18)16(24-26)17(22)27/h3-4,8,10-12,29H,7,9H2,1-2H3,(H2,22,27);2-7,11,13,28H,10,12H2,1H3,(H2,22,26);2*2-4,9-11,29H,7-8H2,1H3,(H2,22,27)/t2*21-;2*20-/m0000/s1. The number of likely N-dealkylation sites (tertiary alicyclic amines) is 4. The number of methoxy groups -OCH3 is 1. The second-order valence-electron chi connectivity index (χ2n) is 27.4. The first-order valence-corrected chi connectivity index (χ1v) is 35.8. The SMILES string of the molecule is CN1CC[C@@](O)(C#Cc2cccc(-c3nc(C(N)=O)n4ccccc34)c2)C1=O.CN1CC[C@@](O)(C#Cc2cccc(-n3nc(C(N)=O)c4cc(F)cnc43)c2)C1=O.CN1CC[C@@](O)(C#Cc2cccc(-n3nc(C(N)=O)c4cnc(Cl)cc43)c2)C1=O.COc1cc(C#C[C@]2(O)CCN(C)C2=O)cc(-n2nc(C(N)=O)c3cccnc32)c1. The Hall–Kier alpha value is -14.7. The second-order valence-corrected chi connectivity index (χ2v) is 27.7. The van der Waals surface area contributed by atoms with E-state index < -0.39 is 69.6 Å². The number of imidazole rings is 1. The van der Waals surface area contributed by atoms with Crippen molar-refractivity contribution in [1.82, 2.24) is 73.3 Å². The van der Waals surface area contributed by atoms with E-state index in [0.29, 0.717) is 98.9 Å². The molecule has 8 aromatic heterocycles. The number of carbonyl (C=O) groups excluding carboxylic acids is 8. The van der Waals surface area contributed by atoms with E-state index in [4.69, 9.17) is 39.3 Å². The van der Waals surface area contributed by atoms with Crippen LogP contribution in [0.15, 0.2) is 158 Å². The summed E-state index contributed by atoms with van der Waals surface area (Å²) in [4.78, 5) is 118. The highest BCUT2D eigenvalue weighted by molar-refractivity contribution is 6.30. The fraction of sp³-hybridized carbons (Fsp3) is 0.207. The van der Waals surface area contributed by atoms with Crippen molar-refractivity contribution in [2.24, 2.45) is 22.9 Å². The van der Waals surface area contributed by atoms with Gasteiger partial charge in [0.2, 0.25) is 28.2 Å². The third-order valence-electron chi connectivity index (χ3n) is 19.3. The highest BCUT2D eigenvalue weighted by Crippen LogP contribution is 2.32. The van der Waals surface area contributed by atoms with Gasteiger partial charge in [0.05, 0.1) is 63.3 Å². The molecule has 0 bridgehead atoms. The molecule has 4 saturated heterocycles. The first-order chi connectivity index (χ1) is 55.3. The van der Waals surface area contributed by atoms with Crippen LogP contribution in [0.2, 0.25) is 5.15 Å². The summed E-state index contributed by atoms with van der Waals surface area (Å²) >= 11 is 6.01. The zero-order chi connectivity index (χ0) is 82.9. The molecule has 12 heterocycles. The molecule has 12 N–H and O–H groups in total. The number of halogens is 2. The molecule has 4 aliphatic heterocycles. The molecule has 116 heavy (non-hydrogen) atoms. The fourth-order valence-electron chi connectivity index (χ4n) is 13.1. The number of hydrogen-bond acceptors (Lipinski definition) is 20. The molecule has 0 saturated carbocycles. The Labute approximate surface area is 663 Å². The van der Waals surface area contributed by atoms with Gasteiger partial charge in [-0.1, -0.05) is 89.3 Å². The van der Waals surface area contributed by atoms with Gasteiger partial charge in [0, 0.05) is 139 Å². The Morgan fingerprint density at radius 3 is 1.45 bits per heavy atom. The van der Waals surface area contributed by atoms with E-state index in [9.17, 15) is 63.2 Å². The van der Waals surface area contributed by atoms with Crippen LogP contribution in [0.3, 0.4) is 0 Å². The quantitative estimate of drug-likeness (QED) is 0.0759. The van der Waals surface area contributed by atoms with Gasteiger partial charge < -0.3 is 67.7 Å². The Balaban J connectivity index is 0.000000135. The van der Waals surface area contributed by atoms with Crippen LogP contribution in [0, 0.1) is 53.2 Å². The van der Waals surface area contributed by atoms with E-state index in [0.717, 1.165) is 23.3 Å². The minimum atomic E-state index is -1.71. The van der Waals surface area contributed by atoms with Crippen molar-refractivity contribution < 1.29 is 67.9 Å². The van der Waals surface area contributed by atoms with Crippen LogP contribution in [0.5, 0.6) is 5.75 Å². The van der Waals surface area contributed by atoms with Gasteiger partial charge >= 0.3 is 0 Å². The maximum atomic E-state index is 13.6. The summed E-state index contributed by atoms with van der Waals surface area (Å²) in [7, 11) is 8.01. The van der Waals surface area contributed by atoms with E-state index in [-0.39, 0.29) is 70.7 Å². The van der Waals surface area contributed by atoms with Crippen LogP contribution in [-0.4, -0.2) is 225 Å². The average Bonchev–Trinajstić information content (AvgIpc) is 1.63. The second kappa shape index (κ2) is 31.8. The number of hydrogen-bond donors (Lipinski definition) is 8. The number of amides is 8. The van der Waals surface area contributed by atoms with Crippen LogP contribution < -0.4 is 27.7 Å². The monoisotopic (exact) mass is 1580 g/mol. The molecule has 0 aliphatic carbocycles. The summed E-state index contributed by atoms with van der Waals surface area (Å²) < 4.78 is 24.9. The summed E-state index contributed by atoms with van der Waals surface area (Å²) in [5.41, 5.74) is 22.3. The molecule has 34 heteroatoms. The normalized spacial score (nSPS) is 18.7. The van der Waals surface area contributed by atoms with E-state index >= 15 is 0 Å². The fourth-order valence-corrected chi connectivity index (χ4v) is 13.2. The number of rotatable bonds is 9. The lowest BCUT2D eigenvalue weighted by atomic mass is 10.0. The summed E-state index contributed by atoms with van der Waals surface area (Å²) in [6.07, 6.45) is 6.79. The van der Waals surface area contributed by atoms with Crippen molar-refractivity contribution in [2.45, 2.75) is 48.1 Å². The lowest BCUT2D eigenvalue weighted by Gasteiger charge is -2.13. The molecule has 584 valence electrons. The van der Waals surface area contributed by atoms with Gasteiger partial charge in [-0.05, 0) is 91.0 Å². The van der Waals surface area contributed by atoms with Crippen molar-refractivity contribution >= 4 is 97.3 Å². The van der Waals surface area contributed by atoms with E-state index in [1.165, 1.54) is 47.0 Å². The van der Waals surface area contributed by atoms with Crippen LogP contribution in [0.1, 0.15) is 90.0 Å². The molecule has 8 amide bonds. The smallest absolute Gasteiger partial charge is 0.285 e. The summed E-state index contributed by atoms with van der Waals surface area (Å²) in [6.45, 7) is 1.80. The molecule has 4 fully saturated rings. The number of aliphatic hydroxyl groups is 4. The van der Waals surface area contributed by atoms with Crippen molar-refractivity contribution in [3.05, 3.63) is 214 Å². The van der Waals surface area contributed by atoms with Gasteiger partial charge in [0.1, 0.15) is 16.7 Å². The van der Waals surface area contributed by atoms with Gasteiger partial charge in [-0.3, -0.25) is 42.8 Å². The van der Waals surface area contributed by atoms with Crippen molar-refractivity contribution in [2.75, 3.05) is 61.5 Å². The Morgan fingerprint density at radius 1 is 0.474 bits per heavy atom. The van der Waals surface area contributed by atoms with Crippen LogP contribution in [0.4, 0.5) is 4.39 Å². The first kappa shape index (κ1) is 79.4. The molecule has 0 radical (unpaired) electrons. The van der Waals surface area contributed by atoms with E-state index in [1.807, 2.05) is 24.3 Å². The number of likely N-dealkylation sites (N-methyl/N-ethyl adjacent to an activating group) is 4. The number of benzene rings is 4. The van der Waals surface area contributed by atoms with Crippen molar-refractivity contribution in [3.63, 3.8) is 0 Å². The molecular formula is C82H69ClFN19O13. The molecule has 4 atom stereocenters. The van der Waals surface area contributed by atoms with Gasteiger partial charge in [-0.15, -0.1) is 0 Å². The number of carbonyl (C=O) groups is 8. The number of aromatic nitrogens is 11. The third-order valence-corrected chi connectivity index (χ3v) is 19.5. The van der Waals surface area contributed by atoms with E-state index in [2.05, 4.69) is 82.6 Å². The van der Waals surface area contributed by atoms with Crippen molar-refractivity contribution in [3.8, 4) is 81.4 Å². The van der Waals surface area contributed by atoms with Crippen LogP contribution in [0.25, 0.3) is 66.8 Å². The number of ether oxygens (including phenoxy) is 1. The number of fused-ring (bicyclic) bond motifs is 4. The maximum absolute atomic E-state index is 13.6. The lowest BCUT2D eigenvalue weighted by Crippen LogP contribution is -2.37. The van der Waals surface area contributed by atoms with Crippen molar-refractivity contribution in [1.29, 1.82) is 0 Å². The average molecular weight is 1580 g/mol. The molecule has 4 aliphatic rings. The number of primary amides is 4.